The van der Waals surface area contributed by atoms with Crippen molar-refractivity contribution >= 4 is 22.0 Å². The summed E-state index contributed by atoms with van der Waals surface area (Å²) in [6, 6.07) is 6.92. The maximum absolute atomic E-state index is 14.3. The van der Waals surface area contributed by atoms with Gasteiger partial charge >= 0.3 is 0 Å². The smallest absolute Gasteiger partial charge is 0.295 e. The van der Waals surface area contributed by atoms with Crippen molar-refractivity contribution in [3.63, 3.8) is 0 Å². The van der Waals surface area contributed by atoms with E-state index in [4.69, 9.17) is 9.68 Å². The maximum Gasteiger partial charge on any atom is 0.295 e. The Hall–Kier alpha value is -3.67. The Morgan fingerprint density at radius 3 is 2.70 bits per heavy atom. The molecule has 0 aliphatic rings. The molecular formula is C18H9F3N4O2. The highest BCUT2D eigenvalue weighted by Crippen LogP contribution is 2.32. The normalized spacial score (nSPS) is 11.4. The molecule has 0 N–H and O–H groups in total. The van der Waals surface area contributed by atoms with E-state index < -0.39 is 23.5 Å². The minimum absolute atomic E-state index is 0.0409. The van der Waals surface area contributed by atoms with Crippen LogP contribution in [0.3, 0.4) is 0 Å². The minimum atomic E-state index is -2.92. The molecule has 0 amide bonds. The zero-order valence-electron chi connectivity index (χ0n) is 13.7. The summed E-state index contributed by atoms with van der Waals surface area (Å²) >= 11 is 0. The number of aromatic nitrogens is 3. The third-order valence-electron chi connectivity index (χ3n) is 4.18. The SMILES string of the molecule is Cn1c(C(F)F)nc2c(F)cc3c(=O)cc(-c4ccc(C#N)nc4)oc3c21. The molecule has 3 aromatic heterocycles. The molecule has 0 unspecified atom stereocenters. The fraction of sp³-hybridized carbons (Fsp3) is 0.111. The maximum atomic E-state index is 14.3. The molecule has 0 aliphatic carbocycles. The van der Waals surface area contributed by atoms with Crippen molar-refractivity contribution in [1.82, 2.24) is 14.5 Å². The highest BCUT2D eigenvalue weighted by molar-refractivity contribution is 6.01. The molecule has 0 spiro atoms. The van der Waals surface area contributed by atoms with Crippen LogP contribution in [0.15, 0.2) is 39.7 Å². The lowest BCUT2D eigenvalue weighted by Crippen LogP contribution is -2.03. The lowest BCUT2D eigenvalue weighted by Gasteiger charge is -2.06. The molecule has 0 fully saturated rings. The van der Waals surface area contributed by atoms with E-state index in [1.54, 1.807) is 0 Å². The van der Waals surface area contributed by atoms with Crippen LogP contribution in [0.5, 0.6) is 0 Å². The Morgan fingerprint density at radius 1 is 1.30 bits per heavy atom. The first-order valence-electron chi connectivity index (χ1n) is 7.68. The predicted molar refractivity (Wildman–Crippen MR) is 89.6 cm³/mol. The van der Waals surface area contributed by atoms with Gasteiger partial charge in [0.1, 0.15) is 28.6 Å². The van der Waals surface area contributed by atoms with E-state index in [1.807, 2.05) is 6.07 Å². The molecule has 0 bridgehead atoms. The Kier molecular flexibility index (Phi) is 3.70. The standard InChI is InChI=1S/C18H9F3N4O2/c1-25-15-14(24-18(25)17(20)21)11(19)4-10-12(26)5-13(27-16(10)15)8-2-3-9(6-22)23-7-8/h2-5,7,17H,1H3. The van der Waals surface area contributed by atoms with Crippen LogP contribution in [0.2, 0.25) is 0 Å². The van der Waals surface area contributed by atoms with E-state index in [9.17, 15) is 18.0 Å². The van der Waals surface area contributed by atoms with Crippen LogP contribution >= 0.6 is 0 Å². The van der Waals surface area contributed by atoms with Crippen LogP contribution < -0.4 is 5.43 Å². The lowest BCUT2D eigenvalue weighted by molar-refractivity contribution is 0.137. The van der Waals surface area contributed by atoms with E-state index in [-0.39, 0.29) is 33.5 Å². The number of nitriles is 1. The second kappa shape index (κ2) is 5.95. The molecule has 9 heteroatoms. The molecule has 0 saturated carbocycles. The summed E-state index contributed by atoms with van der Waals surface area (Å²) in [7, 11) is 1.30. The van der Waals surface area contributed by atoms with E-state index in [1.165, 1.54) is 25.4 Å². The summed E-state index contributed by atoms with van der Waals surface area (Å²) < 4.78 is 47.4. The largest absolute Gasteiger partial charge is 0.453 e. The van der Waals surface area contributed by atoms with Gasteiger partial charge in [-0.15, -0.1) is 0 Å². The average molecular weight is 370 g/mol. The van der Waals surface area contributed by atoms with Crippen molar-refractivity contribution in [3.8, 4) is 17.4 Å². The van der Waals surface area contributed by atoms with Crippen LogP contribution in [0, 0.1) is 17.1 Å². The number of fused-ring (bicyclic) bond motifs is 3. The quantitative estimate of drug-likeness (QED) is 0.537. The van der Waals surface area contributed by atoms with E-state index in [0.29, 0.717) is 5.56 Å². The molecule has 0 aliphatic heterocycles. The fourth-order valence-corrected chi connectivity index (χ4v) is 2.90. The van der Waals surface area contributed by atoms with Gasteiger partial charge in [0.2, 0.25) is 0 Å². The van der Waals surface area contributed by atoms with Gasteiger partial charge in [0.15, 0.2) is 22.7 Å². The van der Waals surface area contributed by atoms with Crippen molar-refractivity contribution in [1.29, 1.82) is 5.26 Å². The topological polar surface area (TPSA) is 84.7 Å². The third-order valence-corrected chi connectivity index (χ3v) is 4.18. The summed E-state index contributed by atoms with van der Waals surface area (Å²) in [4.78, 5) is 20.0. The first-order valence-corrected chi connectivity index (χ1v) is 7.68. The van der Waals surface area contributed by atoms with Crippen molar-refractivity contribution < 1.29 is 17.6 Å². The van der Waals surface area contributed by atoms with Crippen molar-refractivity contribution in [2.24, 2.45) is 7.05 Å². The lowest BCUT2D eigenvalue weighted by atomic mass is 10.1. The second-order valence-corrected chi connectivity index (χ2v) is 5.78. The van der Waals surface area contributed by atoms with Crippen LogP contribution in [0.1, 0.15) is 17.9 Å². The number of rotatable bonds is 2. The van der Waals surface area contributed by atoms with Crippen molar-refractivity contribution in [2.75, 3.05) is 0 Å². The van der Waals surface area contributed by atoms with Gasteiger partial charge in [-0.3, -0.25) is 4.79 Å². The number of alkyl halides is 2. The number of halogens is 3. The number of imidazole rings is 1. The summed E-state index contributed by atoms with van der Waals surface area (Å²) in [5, 5.41) is 8.73. The Balaban J connectivity index is 2.08. The molecule has 134 valence electrons. The number of hydrogen-bond acceptors (Lipinski definition) is 5. The predicted octanol–water partition coefficient (Wildman–Crippen LogP) is 3.69. The van der Waals surface area contributed by atoms with E-state index in [2.05, 4.69) is 9.97 Å². The molecule has 0 saturated heterocycles. The Morgan fingerprint density at radius 2 is 2.07 bits per heavy atom. The Labute approximate surface area is 149 Å². The van der Waals surface area contributed by atoms with Gasteiger partial charge in [0, 0.05) is 24.9 Å². The summed E-state index contributed by atoms with van der Waals surface area (Å²) in [5.41, 5.74) is -0.364. The minimum Gasteiger partial charge on any atom is -0.453 e. The van der Waals surface area contributed by atoms with Gasteiger partial charge in [-0.25, -0.2) is 23.1 Å². The van der Waals surface area contributed by atoms with Gasteiger partial charge in [-0.2, -0.15) is 5.26 Å². The van der Waals surface area contributed by atoms with Crippen LogP contribution in [0.4, 0.5) is 13.2 Å². The number of pyridine rings is 1. The molecular weight excluding hydrogens is 361 g/mol. The zero-order valence-corrected chi connectivity index (χ0v) is 13.7. The summed E-state index contributed by atoms with van der Waals surface area (Å²) in [5.74, 6) is -1.42. The van der Waals surface area contributed by atoms with Crippen LogP contribution in [-0.4, -0.2) is 14.5 Å². The molecule has 0 radical (unpaired) electrons. The fourth-order valence-electron chi connectivity index (χ4n) is 2.90. The first-order chi connectivity index (χ1) is 12.9. The molecule has 0 atom stereocenters. The third kappa shape index (κ3) is 2.54. The second-order valence-electron chi connectivity index (χ2n) is 5.78. The van der Waals surface area contributed by atoms with Gasteiger partial charge in [0.05, 0.1) is 5.39 Å². The molecule has 27 heavy (non-hydrogen) atoms. The monoisotopic (exact) mass is 370 g/mol. The number of nitrogens with zero attached hydrogens (tertiary/aromatic N) is 4. The van der Waals surface area contributed by atoms with Gasteiger partial charge < -0.3 is 8.98 Å². The van der Waals surface area contributed by atoms with Crippen LogP contribution in [-0.2, 0) is 7.05 Å². The summed E-state index contributed by atoms with van der Waals surface area (Å²) in [6.45, 7) is 0. The molecule has 4 aromatic rings. The van der Waals surface area contributed by atoms with Gasteiger partial charge in [-0.1, -0.05) is 0 Å². The average Bonchev–Trinajstić information content (AvgIpc) is 3.01. The first kappa shape index (κ1) is 16.8. The Bertz CT molecular complexity index is 1300. The molecule has 3 heterocycles. The molecule has 6 nitrogen and oxygen atoms in total. The summed E-state index contributed by atoms with van der Waals surface area (Å²) in [6.07, 6.45) is -1.58. The van der Waals surface area contributed by atoms with E-state index in [0.717, 1.165) is 16.7 Å². The van der Waals surface area contributed by atoms with Gasteiger partial charge in [-0.05, 0) is 18.2 Å². The molecule has 1 aromatic carbocycles. The number of benzene rings is 1. The van der Waals surface area contributed by atoms with Crippen LogP contribution in [0.25, 0.3) is 33.3 Å². The highest BCUT2D eigenvalue weighted by Gasteiger charge is 2.23. The molecule has 4 rings (SSSR count). The number of hydrogen-bond donors (Lipinski definition) is 0. The zero-order chi connectivity index (χ0) is 19.3. The van der Waals surface area contributed by atoms with Crippen molar-refractivity contribution in [2.45, 2.75) is 6.43 Å². The van der Waals surface area contributed by atoms with Gasteiger partial charge in [0.25, 0.3) is 6.43 Å². The highest BCUT2D eigenvalue weighted by atomic mass is 19.3. The number of aryl methyl sites for hydroxylation is 1. The van der Waals surface area contributed by atoms with Crippen molar-refractivity contribution in [3.05, 3.63) is 58.0 Å². The van der Waals surface area contributed by atoms with E-state index >= 15 is 0 Å².